The maximum absolute atomic E-state index is 10.9. The molecule has 0 fully saturated rings. The van der Waals surface area contributed by atoms with Gasteiger partial charge in [-0.3, -0.25) is 4.18 Å². The van der Waals surface area contributed by atoms with Gasteiger partial charge in [0.15, 0.2) is 0 Å². The van der Waals surface area contributed by atoms with Crippen LogP contribution in [0.5, 0.6) is 0 Å². The van der Waals surface area contributed by atoms with Crippen LogP contribution in [0.4, 0.5) is 0 Å². The third kappa shape index (κ3) is 4.71. The van der Waals surface area contributed by atoms with Gasteiger partial charge in [0, 0.05) is 5.92 Å². The maximum Gasteiger partial charge on any atom is 0.264 e. The first-order chi connectivity index (χ1) is 7.79. The fourth-order valence-corrected chi connectivity index (χ4v) is 1.87. The van der Waals surface area contributed by atoms with E-state index in [1.165, 1.54) is 0 Å². The minimum atomic E-state index is -3.36. The Balaban J connectivity index is 2.70. The van der Waals surface area contributed by atoms with E-state index in [4.69, 9.17) is 4.18 Å². The van der Waals surface area contributed by atoms with Crippen molar-refractivity contribution in [3.8, 4) is 0 Å². The summed E-state index contributed by atoms with van der Waals surface area (Å²) in [7, 11) is -3.36. The topological polar surface area (TPSA) is 43.4 Å². The Bertz CT molecular complexity index is 486. The second-order valence-electron chi connectivity index (χ2n) is 4.29. The first-order valence-electron chi connectivity index (χ1n) is 5.40. The van der Waals surface area contributed by atoms with Crippen molar-refractivity contribution in [1.29, 1.82) is 0 Å². The highest BCUT2D eigenvalue weighted by atomic mass is 32.2. The van der Waals surface area contributed by atoms with Crippen LogP contribution in [0.2, 0.25) is 0 Å². The van der Waals surface area contributed by atoms with Crippen LogP contribution in [0, 0.1) is 0 Å². The number of hydrogen-bond acceptors (Lipinski definition) is 3. The van der Waals surface area contributed by atoms with Crippen molar-refractivity contribution in [3.05, 3.63) is 42.0 Å². The minimum absolute atomic E-state index is 0.0453. The molecule has 0 amide bonds. The lowest BCUT2D eigenvalue weighted by Gasteiger charge is -2.12. The molecule has 0 saturated heterocycles. The zero-order valence-electron chi connectivity index (χ0n) is 10.4. The van der Waals surface area contributed by atoms with Crippen LogP contribution in [0.15, 0.2) is 30.8 Å². The van der Waals surface area contributed by atoms with Crippen molar-refractivity contribution in [1.82, 2.24) is 0 Å². The summed E-state index contributed by atoms with van der Waals surface area (Å²) in [6.45, 7) is 7.92. The highest BCUT2D eigenvalue weighted by Crippen LogP contribution is 2.19. The van der Waals surface area contributed by atoms with Gasteiger partial charge in [-0.25, -0.2) is 0 Å². The van der Waals surface area contributed by atoms with Crippen molar-refractivity contribution >= 4 is 15.7 Å². The lowest BCUT2D eigenvalue weighted by molar-refractivity contribution is 0.301. The SMILES string of the molecule is C=C(C)c1ccc(C(C)COS(C)(=O)=O)cc1. The molecule has 0 aliphatic heterocycles. The second kappa shape index (κ2) is 5.47. The Labute approximate surface area is 103 Å². The molecule has 1 aromatic rings. The molecule has 4 heteroatoms. The van der Waals surface area contributed by atoms with Gasteiger partial charge in [-0.15, -0.1) is 0 Å². The van der Waals surface area contributed by atoms with E-state index in [1.807, 2.05) is 38.1 Å². The summed E-state index contributed by atoms with van der Waals surface area (Å²) in [5.41, 5.74) is 3.15. The van der Waals surface area contributed by atoms with Gasteiger partial charge in [0.2, 0.25) is 0 Å². The van der Waals surface area contributed by atoms with Gasteiger partial charge in [0.05, 0.1) is 12.9 Å². The second-order valence-corrected chi connectivity index (χ2v) is 5.94. The summed E-state index contributed by atoms with van der Waals surface area (Å²) in [6.07, 6.45) is 1.06. The summed E-state index contributed by atoms with van der Waals surface area (Å²) in [5, 5.41) is 0. The maximum atomic E-state index is 10.9. The molecule has 0 N–H and O–H groups in total. The molecule has 0 aromatic heterocycles. The molecule has 0 saturated carbocycles. The van der Waals surface area contributed by atoms with Gasteiger partial charge in [-0.1, -0.05) is 43.3 Å². The van der Waals surface area contributed by atoms with Crippen molar-refractivity contribution < 1.29 is 12.6 Å². The highest BCUT2D eigenvalue weighted by Gasteiger charge is 2.09. The zero-order chi connectivity index (χ0) is 13.1. The fourth-order valence-electron chi connectivity index (χ4n) is 1.42. The van der Waals surface area contributed by atoms with Crippen molar-refractivity contribution in [3.63, 3.8) is 0 Å². The number of rotatable bonds is 5. The van der Waals surface area contributed by atoms with E-state index >= 15 is 0 Å². The first-order valence-corrected chi connectivity index (χ1v) is 7.21. The largest absolute Gasteiger partial charge is 0.270 e. The molecule has 3 nitrogen and oxygen atoms in total. The van der Waals surface area contributed by atoms with E-state index in [0.717, 1.165) is 23.0 Å². The van der Waals surface area contributed by atoms with E-state index in [9.17, 15) is 8.42 Å². The Morgan fingerprint density at radius 1 is 1.35 bits per heavy atom. The van der Waals surface area contributed by atoms with Gasteiger partial charge < -0.3 is 0 Å². The average Bonchev–Trinajstić information content (AvgIpc) is 2.25. The Morgan fingerprint density at radius 2 is 1.88 bits per heavy atom. The van der Waals surface area contributed by atoms with Crippen molar-refractivity contribution in [2.45, 2.75) is 19.8 Å². The lowest BCUT2D eigenvalue weighted by atomic mass is 9.99. The summed E-state index contributed by atoms with van der Waals surface area (Å²) < 4.78 is 26.5. The third-order valence-electron chi connectivity index (χ3n) is 2.50. The van der Waals surface area contributed by atoms with E-state index in [2.05, 4.69) is 6.58 Å². The minimum Gasteiger partial charge on any atom is -0.270 e. The summed E-state index contributed by atoms with van der Waals surface area (Å²) >= 11 is 0. The molecule has 0 aliphatic rings. The van der Waals surface area contributed by atoms with Gasteiger partial charge in [-0.2, -0.15) is 8.42 Å². The summed E-state index contributed by atoms with van der Waals surface area (Å²) in [6, 6.07) is 7.91. The Kier molecular flexibility index (Phi) is 4.48. The molecule has 1 aromatic carbocycles. The normalized spacial score (nSPS) is 13.4. The molecule has 1 atom stereocenters. The van der Waals surface area contributed by atoms with Crippen molar-refractivity contribution in [2.24, 2.45) is 0 Å². The van der Waals surface area contributed by atoms with Gasteiger partial charge in [0.1, 0.15) is 0 Å². The quantitative estimate of drug-likeness (QED) is 0.759. The average molecular weight is 254 g/mol. The fraction of sp³-hybridized carbons (Fsp3) is 0.385. The summed E-state index contributed by atoms with van der Waals surface area (Å²) in [5.74, 6) is 0.0453. The van der Waals surface area contributed by atoms with Gasteiger partial charge in [0.25, 0.3) is 10.1 Å². The molecule has 0 bridgehead atoms. The summed E-state index contributed by atoms with van der Waals surface area (Å²) in [4.78, 5) is 0. The molecule has 0 spiro atoms. The molecule has 0 aliphatic carbocycles. The van der Waals surface area contributed by atoms with Crippen LogP contribution in [0.3, 0.4) is 0 Å². The lowest BCUT2D eigenvalue weighted by Crippen LogP contribution is -2.09. The standard InChI is InChI=1S/C13H18O3S/c1-10(2)12-5-7-13(8-6-12)11(3)9-16-17(4,14)15/h5-8,11H,1,9H2,2-4H3. The van der Waals surface area contributed by atoms with Crippen LogP contribution in [-0.2, 0) is 14.3 Å². The van der Waals surface area contributed by atoms with Gasteiger partial charge in [-0.05, 0) is 18.1 Å². The number of hydrogen-bond donors (Lipinski definition) is 0. The number of benzene rings is 1. The molecule has 94 valence electrons. The molecule has 1 unspecified atom stereocenters. The molecule has 0 radical (unpaired) electrons. The predicted octanol–water partition coefficient (Wildman–Crippen LogP) is 2.80. The van der Waals surface area contributed by atoms with Gasteiger partial charge >= 0.3 is 0 Å². The predicted molar refractivity (Wildman–Crippen MR) is 70.4 cm³/mol. The van der Waals surface area contributed by atoms with E-state index in [-0.39, 0.29) is 12.5 Å². The number of allylic oxidation sites excluding steroid dienone is 1. The first kappa shape index (κ1) is 13.9. The van der Waals surface area contributed by atoms with Crippen LogP contribution in [0.1, 0.15) is 30.9 Å². The Hall–Kier alpha value is -1.13. The van der Waals surface area contributed by atoms with Crippen LogP contribution >= 0.6 is 0 Å². The monoisotopic (exact) mass is 254 g/mol. The van der Waals surface area contributed by atoms with Crippen molar-refractivity contribution in [2.75, 3.05) is 12.9 Å². The van der Waals surface area contributed by atoms with E-state index < -0.39 is 10.1 Å². The molecular weight excluding hydrogens is 236 g/mol. The van der Waals surface area contributed by atoms with E-state index in [1.54, 1.807) is 0 Å². The molecule has 17 heavy (non-hydrogen) atoms. The molecule has 0 heterocycles. The third-order valence-corrected chi connectivity index (χ3v) is 3.07. The molecule has 1 rings (SSSR count). The highest BCUT2D eigenvalue weighted by molar-refractivity contribution is 7.85. The van der Waals surface area contributed by atoms with Crippen LogP contribution in [-0.4, -0.2) is 21.3 Å². The Morgan fingerprint density at radius 3 is 2.29 bits per heavy atom. The van der Waals surface area contributed by atoms with Crippen LogP contribution in [0.25, 0.3) is 5.57 Å². The zero-order valence-corrected chi connectivity index (χ0v) is 11.3. The van der Waals surface area contributed by atoms with E-state index in [0.29, 0.717) is 0 Å². The smallest absolute Gasteiger partial charge is 0.264 e. The van der Waals surface area contributed by atoms with Crippen LogP contribution < -0.4 is 0 Å². The molecular formula is C13H18O3S.